The number of rotatable bonds is 6. The Kier molecular flexibility index (Phi) is 7.49. The standard InChI is InChI=1S/C20H23Cl3N2O3S/c1-11-6-13(3)15(7-12(11)2)14(4)24-20(26)10-25(29(5,27)28)19-9-17(22)16(21)8-18(19)23/h6-9,14H,10H2,1-5H3,(H,24,26)/t14-/m0/s1. The molecule has 0 aliphatic carbocycles. The Balaban J connectivity index is 2.28. The van der Waals surface area contributed by atoms with Crippen molar-refractivity contribution in [3.63, 3.8) is 0 Å². The number of nitrogens with one attached hydrogen (secondary N) is 1. The third-order valence-corrected chi connectivity index (χ3v) is 6.82. The van der Waals surface area contributed by atoms with Crippen molar-refractivity contribution in [1.29, 1.82) is 0 Å². The molecule has 0 saturated heterocycles. The molecule has 1 amide bonds. The maximum absolute atomic E-state index is 12.7. The van der Waals surface area contributed by atoms with Crippen LogP contribution in [0.2, 0.25) is 15.1 Å². The largest absolute Gasteiger partial charge is 0.348 e. The van der Waals surface area contributed by atoms with Crippen molar-refractivity contribution in [2.75, 3.05) is 17.1 Å². The van der Waals surface area contributed by atoms with Gasteiger partial charge in [-0.15, -0.1) is 0 Å². The average Bonchev–Trinajstić information content (AvgIpc) is 2.58. The third-order valence-electron chi connectivity index (χ3n) is 4.67. The third kappa shape index (κ3) is 5.79. The number of nitrogens with zero attached hydrogens (tertiary/aromatic N) is 1. The molecule has 0 saturated carbocycles. The van der Waals surface area contributed by atoms with E-state index in [0.29, 0.717) is 0 Å². The van der Waals surface area contributed by atoms with Crippen LogP contribution in [0.3, 0.4) is 0 Å². The molecule has 158 valence electrons. The molecule has 0 aliphatic rings. The average molecular weight is 478 g/mol. The maximum Gasteiger partial charge on any atom is 0.241 e. The van der Waals surface area contributed by atoms with Gasteiger partial charge >= 0.3 is 0 Å². The van der Waals surface area contributed by atoms with Crippen LogP contribution >= 0.6 is 34.8 Å². The molecule has 0 bridgehead atoms. The van der Waals surface area contributed by atoms with Gasteiger partial charge in [0.15, 0.2) is 0 Å². The molecule has 1 atom stereocenters. The molecule has 1 N–H and O–H groups in total. The first kappa shape index (κ1) is 23.8. The molecule has 9 heteroatoms. The topological polar surface area (TPSA) is 66.5 Å². The van der Waals surface area contributed by atoms with E-state index in [1.165, 1.54) is 17.7 Å². The molecule has 0 aromatic heterocycles. The quantitative estimate of drug-likeness (QED) is 0.580. The highest BCUT2D eigenvalue weighted by atomic mass is 35.5. The number of halogens is 3. The molecule has 0 fully saturated rings. The Hall–Kier alpha value is -1.47. The first-order valence-corrected chi connectivity index (χ1v) is 11.8. The number of carbonyl (C=O) groups excluding carboxylic acids is 1. The monoisotopic (exact) mass is 476 g/mol. The summed E-state index contributed by atoms with van der Waals surface area (Å²) in [5.41, 5.74) is 4.40. The predicted octanol–water partition coefficient (Wildman–Crippen LogP) is 5.22. The van der Waals surface area contributed by atoms with Crippen LogP contribution in [0.25, 0.3) is 0 Å². The smallest absolute Gasteiger partial charge is 0.241 e. The summed E-state index contributed by atoms with van der Waals surface area (Å²) in [7, 11) is -3.80. The van der Waals surface area contributed by atoms with Gasteiger partial charge in [0.1, 0.15) is 6.54 Å². The van der Waals surface area contributed by atoms with Crippen molar-refractivity contribution in [2.45, 2.75) is 33.7 Å². The highest BCUT2D eigenvalue weighted by Gasteiger charge is 2.25. The van der Waals surface area contributed by atoms with E-state index in [1.807, 2.05) is 33.8 Å². The van der Waals surface area contributed by atoms with Crippen molar-refractivity contribution in [3.05, 3.63) is 61.6 Å². The predicted molar refractivity (Wildman–Crippen MR) is 121 cm³/mol. The number of hydrogen-bond donors (Lipinski definition) is 1. The van der Waals surface area contributed by atoms with E-state index in [0.717, 1.165) is 27.3 Å². The van der Waals surface area contributed by atoms with Crippen LogP contribution in [0.15, 0.2) is 24.3 Å². The number of aryl methyl sites for hydroxylation is 3. The summed E-state index contributed by atoms with van der Waals surface area (Å²) in [4.78, 5) is 12.7. The zero-order chi connectivity index (χ0) is 22.1. The van der Waals surface area contributed by atoms with E-state index in [2.05, 4.69) is 11.4 Å². The molecule has 0 radical (unpaired) electrons. The molecule has 5 nitrogen and oxygen atoms in total. The van der Waals surface area contributed by atoms with Crippen molar-refractivity contribution < 1.29 is 13.2 Å². The normalized spacial score (nSPS) is 12.6. The molecule has 0 unspecified atom stereocenters. The molecule has 29 heavy (non-hydrogen) atoms. The highest BCUT2D eigenvalue weighted by Crippen LogP contribution is 2.35. The van der Waals surface area contributed by atoms with Gasteiger partial charge in [0.2, 0.25) is 15.9 Å². The van der Waals surface area contributed by atoms with Gasteiger partial charge in [-0.3, -0.25) is 9.10 Å². The van der Waals surface area contributed by atoms with Crippen LogP contribution in [0.5, 0.6) is 0 Å². The number of carbonyl (C=O) groups is 1. The van der Waals surface area contributed by atoms with E-state index < -0.39 is 22.5 Å². The molecular weight excluding hydrogens is 455 g/mol. The van der Waals surface area contributed by atoms with Crippen LogP contribution in [0.1, 0.15) is 35.2 Å². The van der Waals surface area contributed by atoms with Gasteiger partial charge in [-0.25, -0.2) is 8.42 Å². The highest BCUT2D eigenvalue weighted by molar-refractivity contribution is 7.92. The fraction of sp³-hybridized carbons (Fsp3) is 0.350. The molecular formula is C20H23Cl3N2O3S. The molecule has 0 spiro atoms. The fourth-order valence-corrected chi connectivity index (χ4v) is 4.58. The SMILES string of the molecule is Cc1cc(C)c([C@H](C)NC(=O)CN(c2cc(Cl)c(Cl)cc2Cl)S(C)(=O)=O)cc1C. The second-order valence-corrected chi connectivity index (χ2v) is 10.2. The van der Waals surface area contributed by atoms with Crippen molar-refractivity contribution in [1.82, 2.24) is 5.32 Å². The zero-order valence-electron chi connectivity index (χ0n) is 16.8. The Morgan fingerprint density at radius 3 is 2.10 bits per heavy atom. The Labute approximate surface area is 187 Å². The number of hydrogen-bond acceptors (Lipinski definition) is 3. The Morgan fingerprint density at radius 2 is 1.52 bits per heavy atom. The molecule has 2 aromatic carbocycles. The summed E-state index contributed by atoms with van der Waals surface area (Å²) < 4.78 is 25.5. The van der Waals surface area contributed by atoms with Gasteiger partial charge < -0.3 is 5.32 Å². The van der Waals surface area contributed by atoms with E-state index >= 15 is 0 Å². The van der Waals surface area contributed by atoms with Crippen molar-refractivity contribution in [3.8, 4) is 0 Å². The van der Waals surface area contributed by atoms with Gasteiger partial charge in [-0.1, -0.05) is 46.9 Å². The van der Waals surface area contributed by atoms with Crippen LogP contribution in [-0.4, -0.2) is 27.1 Å². The molecule has 2 rings (SSSR count). The summed E-state index contributed by atoms with van der Waals surface area (Å²) in [6, 6.07) is 6.47. The lowest BCUT2D eigenvalue weighted by atomic mass is 9.96. The van der Waals surface area contributed by atoms with E-state index in [9.17, 15) is 13.2 Å². The minimum Gasteiger partial charge on any atom is -0.348 e. The first-order valence-electron chi connectivity index (χ1n) is 8.80. The fourth-order valence-electron chi connectivity index (χ4n) is 3.03. The number of amides is 1. The minimum absolute atomic E-state index is 0.0793. The summed E-state index contributed by atoms with van der Waals surface area (Å²) in [5, 5.41) is 3.26. The molecule has 2 aromatic rings. The maximum atomic E-state index is 12.7. The summed E-state index contributed by atoms with van der Waals surface area (Å²) in [5.74, 6) is -0.470. The second kappa shape index (κ2) is 9.13. The summed E-state index contributed by atoms with van der Waals surface area (Å²) >= 11 is 18.1. The van der Waals surface area contributed by atoms with Crippen LogP contribution in [0, 0.1) is 20.8 Å². The first-order chi connectivity index (χ1) is 13.3. The number of anilines is 1. The minimum atomic E-state index is -3.80. The Morgan fingerprint density at radius 1 is 0.966 bits per heavy atom. The van der Waals surface area contributed by atoms with E-state index in [-0.39, 0.29) is 26.8 Å². The lowest BCUT2D eigenvalue weighted by Gasteiger charge is -2.25. The van der Waals surface area contributed by atoms with Gasteiger partial charge in [0.05, 0.1) is 33.1 Å². The van der Waals surface area contributed by atoms with Crippen LogP contribution in [0.4, 0.5) is 5.69 Å². The van der Waals surface area contributed by atoms with Gasteiger partial charge in [0, 0.05) is 0 Å². The van der Waals surface area contributed by atoms with E-state index in [4.69, 9.17) is 34.8 Å². The second-order valence-electron chi connectivity index (χ2n) is 7.07. The number of sulfonamides is 1. The summed E-state index contributed by atoms with van der Waals surface area (Å²) in [6.45, 7) is 7.42. The van der Waals surface area contributed by atoms with Gasteiger partial charge in [-0.05, 0) is 62.1 Å². The van der Waals surface area contributed by atoms with Crippen molar-refractivity contribution in [2.24, 2.45) is 0 Å². The zero-order valence-corrected chi connectivity index (χ0v) is 19.9. The molecule has 0 heterocycles. The summed E-state index contributed by atoms with van der Waals surface area (Å²) in [6.07, 6.45) is 0.996. The molecule has 0 aliphatic heterocycles. The van der Waals surface area contributed by atoms with Gasteiger partial charge in [-0.2, -0.15) is 0 Å². The lowest BCUT2D eigenvalue weighted by molar-refractivity contribution is -0.120. The van der Waals surface area contributed by atoms with Crippen molar-refractivity contribution >= 4 is 56.4 Å². The lowest BCUT2D eigenvalue weighted by Crippen LogP contribution is -2.41. The van der Waals surface area contributed by atoms with Crippen LogP contribution < -0.4 is 9.62 Å². The van der Waals surface area contributed by atoms with Gasteiger partial charge in [0.25, 0.3) is 0 Å². The van der Waals surface area contributed by atoms with E-state index in [1.54, 1.807) is 0 Å². The number of benzene rings is 2. The Bertz CT molecular complexity index is 1060. The van der Waals surface area contributed by atoms with Crippen LogP contribution in [-0.2, 0) is 14.8 Å².